The average molecular weight is 284 g/mol. The van der Waals surface area contributed by atoms with E-state index < -0.39 is 4.92 Å². The van der Waals surface area contributed by atoms with Gasteiger partial charge in [0.25, 0.3) is 5.69 Å². The minimum absolute atomic E-state index is 0.0948. The zero-order valence-corrected chi connectivity index (χ0v) is 12.3. The van der Waals surface area contributed by atoms with E-state index in [1.165, 1.54) is 12.3 Å². The largest absolute Gasteiger partial charge is 0.369 e. The average Bonchev–Trinajstić information content (AvgIpc) is 2.68. The second-order valence-corrected chi connectivity index (χ2v) is 6.57. The molecular formula is C13H18ClN3O2. The number of nitrogens with one attached hydrogen (secondary N) is 1. The first-order chi connectivity index (χ1) is 8.68. The van der Waals surface area contributed by atoms with E-state index in [1.807, 2.05) is 0 Å². The maximum absolute atomic E-state index is 10.6. The van der Waals surface area contributed by atoms with E-state index in [0.29, 0.717) is 11.7 Å². The van der Waals surface area contributed by atoms with E-state index in [4.69, 9.17) is 11.6 Å². The molecule has 0 radical (unpaired) electrons. The van der Waals surface area contributed by atoms with Crippen LogP contribution in [0.25, 0.3) is 0 Å². The lowest BCUT2D eigenvalue weighted by atomic mass is 10.0. The Morgan fingerprint density at radius 3 is 2.42 bits per heavy atom. The van der Waals surface area contributed by atoms with Crippen molar-refractivity contribution in [2.45, 2.75) is 27.7 Å². The van der Waals surface area contributed by atoms with Crippen LogP contribution in [0.5, 0.6) is 0 Å². The van der Waals surface area contributed by atoms with Gasteiger partial charge in [0.2, 0.25) is 0 Å². The fourth-order valence-corrected chi connectivity index (χ4v) is 2.93. The summed E-state index contributed by atoms with van der Waals surface area (Å²) in [6.07, 6.45) is 1.22. The predicted molar refractivity (Wildman–Crippen MR) is 75.4 cm³/mol. The molecule has 0 aromatic carbocycles. The summed E-state index contributed by atoms with van der Waals surface area (Å²) in [5.41, 5.74) is 0.475. The van der Waals surface area contributed by atoms with E-state index in [2.05, 4.69) is 38.0 Å². The molecule has 0 bridgehead atoms. The number of nitro groups is 1. The molecule has 1 aliphatic rings. The van der Waals surface area contributed by atoms with Gasteiger partial charge in [-0.05, 0) is 16.7 Å². The van der Waals surface area contributed by atoms with Crippen LogP contribution in [0.3, 0.4) is 0 Å². The van der Waals surface area contributed by atoms with Crippen molar-refractivity contribution in [2.75, 3.05) is 11.9 Å². The lowest BCUT2D eigenvalue weighted by molar-refractivity contribution is -0.385. The second-order valence-electron chi connectivity index (χ2n) is 6.16. The Labute approximate surface area is 117 Å². The van der Waals surface area contributed by atoms with Crippen molar-refractivity contribution in [3.8, 4) is 0 Å². The molecule has 0 amide bonds. The summed E-state index contributed by atoms with van der Waals surface area (Å²) >= 11 is 5.99. The van der Waals surface area contributed by atoms with E-state index >= 15 is 0 Å². The third-order valence-corrected chi connectivity index (χ3v) is 5.12. The minimum Gasteiger partial charge on any atom is -0.369 e. The quantitative estimate of drug-likeness (QED) is 0.675. The summed E-state index contributed by atoms with van der Waals surface area (Å²) in [4.78, 5) is 14.1. The Morgan fingerprint density at radius 2 is 2.00 bits per heavy atom. The molecule has 0 atom stereocenters. The number of halogens is 1. The van der Waals surface area contributed by atoms with Gasteiger partial charge in [0.15, 0.2) is 0 Å². The van der Waals surface area contributed by atoms with Gasteiger partial charge >= 0.3 is 0 Å². The molecule has 0 unspecified atom stereocenters. The highest BCUT2D eigenvalue weighted by atomic mass is 35.5. The molecule has 1 fully saturated rings. The molecule has 1 saturated carbocycles. The molecule has 1 aromatic heterocycles. The number of pyridine rings is 1. The van der Waals surface area contributed by atoms with Crippen LogP contribution < -0.4 is 5.32 Å². The third-order valence-electron chi connectivity index (χ3n) is 4.83. The maximum atomic E-state index is 10.6. The lowest BCUT2D eigenvalue weighted by Gasteiger charge is -2.08. The molecule has 0 aliphatic heterocycles. The predicted octanol–water partition coefficient (Wildman–Crippen LogP) is 3.74. The first-order valence-electron chi connectivity index (χ1n) is 6.21. The number of hydrogen-bond donors (Lipinski definition) is 1. The van der Waals surface area contributed by atoms with Gasteiger partial charge in [-0.1, -0.05) is 39.3 Å². The van der Waals surface area contributed by atoms with Gasteiger partial charge in [-0.15, -0.1) is 0 Å². The summed E-state index contributed by atoms with van der Waals surface area (Å²) in [7, 11) is 0. The number of nitrogens with zero attached hydrogens (tertiary/aromatic N) is 2. The van der Waals surface area contributed by atoms with Crippen molar-refractivity contribution in [3.63, 3.8) is 0 Å². The van der Waals surface area contributed by atoms with Crippen LogP contribution in [0.4, 0.5) is 11.5 Å². The molecule has 6 heteroatoms. The van der Waals surface area contributed by atoms with Crippen LogP contribution in [0.15, 0.2) is 12.3 Å². The summed E-state index contributed by atoms with van der Waals surface area (Å²) in [5.74, 6) is 1.04. The Kier molecular flexibility index (Phi) is 3.21. The van der Waals surface area contributed by atoms with E-state index in [9.17, 15) is 10.1 Å². The van der Waals surface area contributed by atoms with Crippen LogP contribution >= 0.6 is 11.6 Å². The zero-order valence-electron chi connectivity index (χ0n) is 11.5. The fourth-order valence-electron chi connectivity index (χ4n) is 2.70. The number of anilines is 1. The van der Waals surface area contributed by atoms with Gasteiger partial charge in [0.1, 0.15) is 12.0 Å². The van der Waals surface area contributed by atoms with E-state index in [0.717, 1.165) is 6.54 Å². The van der Waals surface area contributed by atoms with E-state index in [1.54, 1.807) is 0 Å². The Balaban J connectivity index is 2.04. The molecule has 1 aromatic rings. The normalized spacial score (nSPS) is 20.1. The van der Waals surface area contributed by atoms with Crippen molar-refractivity contribution in [3.05, 3.63) is 27.4 Å². The zero-order chi connectivity index (χ0) is 14.4. The van der Waals surface area contributed by atoms with Crippen LogP contribution in [-0.2, 0) is 0 Å². The second kappa shape index (κ2) is 4.34. The van der Waals surface area contributed by atoms with Gasteiger partial charge in [-0.3, -0.25) is 10.1 Å². The minimum atomic E-state index is -0.504. The Bertz CT molecular complexity index is 515. The number of aromatic nitrogens is 1. The monoisotopic (exact) mass is 283 g/mol. The maximum Gasteiger partial charge on any atom is 0.289 e. The Hall–Kier alpha value is -1.36. The van der Waals surface area contributed by atoms with Gasteiger partial charge in [-0.25, -0.2) is 4.98 Å². The molecule has 104 valence electrons. The van der Waals surface area contributed by atoms with Crippen LogP contribution in [0.1, 0.15) is 27.7 Å². The highest BCUT2D eigenvalue weighted by molar-refractivity contribution is 6.33. The van der Waals surface area contributed by atoms with Gasteiger partial charge in [0.05, 0.1) is 9.95 Å². The van der Waals surface area contributed by atoms with Gasteiger partial charge < -0.3 is 5.32 Å². The van der Waals surface area contributed by atoms with Crippen LogP contribution in [-0.4, -0.2) is 16.5 Å². The number of rotatable bonds is 4. The molecule has 5 nitrogen and oxygen atoms in total. The van der Waals surface area contributed by atoms with Crippen molar-refractivity contribution in [1.82, 2.24) is 4.98 Å². The molecular weight excluding hydrogens is 266 g/mol. The van der Waals surface area contributed by atoms with Gasteiger partial charge in [0, 0.05) is 12.6 Å². The molecule has 1 heterocycles. The van der Waals surface area contributed by atoms with Gasteiger partial charge in [-0.2, -0.15) is 0 Å². The molecule has 19 heavy (non-hydrogen) atoms. The summed E-state index contributed by atoms with van der Waals surface area (Å²) < 4.78 is 0. The van der Waals surface area contributed by atoms with Crippen molar-refractivity contribution >= 4 is 23.1 Å². The summed E-state index contributed by atoms with van der Waals surface area (Å²) in [6, 6.07) is 1.32. The first-order valence-corrected chi connectivity index (χ1v) is 6.59. The smallest absolute Gasteiger partial charge is 0.289 e. The summed E-state index contributed by atoms with van der Waals surface area (Å²) in [6.45, 7) is 9.73. The molecule has 0 spiro atoms. The van der Waals surface area contributed by atoms with Crippen LogP contribution in [0, 0.1) is 26.9 Å². The molecule has 2 rings (SSSR count). The van der Waals surface area contributed by atoms with Crippen molar-refractivity contribution in [1.29, 1.82) is 0 Å². The molecule has 0 saturated heterocycles. The number of hydrogen-bond acceptors (Lipinski definition) is 4. The van der Waals surface area contributed by atoms with Crippen LogP contribution in [0.2, 0.25) is 5.02 Å². The SMILES string of the molecule is CC1(C)C(CNc2ncc([N+](=O)[O-])cc2Cl)C1(C)C. The molecule has 1 N–H and O–H groups in total. The lowest BCUT2D eigenvalue weighted by Crippen LogP contribution is -2.09. The molecule has 1 aliphatic carbocycles. The van der Waals surface area contributed by atoms with E-state index in [-0.39, 0.29) is 21.5 Å². The highest BCUT2D eigenvalue weighted by Crippen LogP contribution is 2.68. The standard InChI is InChI=1S/C13H18ClN3O2/c1-12(2)10(13(12,3)4)7-16-11-9(14)5-8(6-15-11)17(18)19/h5-6,10H,7H2,1-4H3,(H,15,16). The summed E-state index contributed by atoms with van der Waals surface area (Å²) in [5, 5.41) is 14.1. The Morgan fingerprint density at radius 1 is 1.42 bits per heavy atom. The third kappa shape index (κ3) is 2.27. The fraction of sp³-hybridized carbons (Fsp3) is 0.615. The van der Waals surface area contributed by atoms with Crippen molar-refractivity contribution < 1.29 is 4.92 Å². The first kappa shape index (κ1) is 14.1. The van der Waals surface area contributed by atoms with Crippen molar-refractivity contribution in [2.24, 2.45) is 16.7 Å². The highest BCUT2D eigenvalue weighted by Gasteiger charge is 2.64. The topological polar surface area (TPSA) is 68.1 Å².